The third-order valence-electron chi connectivity index (χ3n) is 4.48. The van der Waals surface area contributed by atoms with Gasteiger partial charge in [0.1, 0.15) is 12.6 Å². The zero-order valence-corrected chi connectivity index (χ0v) is 17.5. The molecule has 29 heavy (non-hydrogen) atoms. The minimum Gasteiger partial charge on any atom is -0.464 e. The molecule has 0 heterocycles. The third kappa shape index (κ3) is 8.95. The molecule has 162 valence electrons. The van der Waals surface area contributed by atoms with Crippen LogP contribution in [0.25, 0.3) is 0 Å². The van der Waals surface area contributed by atoms with Gasteiger partial charge in [0.2, 0.25) is 5.91 Å². The minimum absolute atomic E-state index is 0.0729. The summed E-state index contributed by atoms with van der Waals surface area (Å²) in [6.07, 6.45) is -0.713. The van der Waals surface area contributed by atoms with E-state index in [2.05, 4.69) is 10.6 Å². The highest BCUT2D eigenvalue weighted by molar-refractivity contribution is 5.89. The zero-order chi connectivity index (χ0) is 21.8. The Morgan fingerprint density at radius 1 is 1.03 bits per heavy atom. The largest absolute Gasteiger partial charge is 0.464 e. The van der Waals surface area contributed by atoms with Gasteiger partial charge in [-0.2, -0.15) is 0 Å². The minimum atomic E-state index is -1.22. The lowest BCUT2D eigenvalue weighted by Gasteiger charge is -2.25. The fraction of sp³-hybridized carbons (Fsp3) is 0.571. The van der Waals surface area contributed by atoms with E-state index in [-0.39, 0.29) is 19.1 Å². The second kappa shape index (κ2) is 12.8. The van der Waals surface area contributed by atoms with Crippen molar-refractivity contribution in [3.8, 4) is 0 Å². The molecule has 3 N–H and O–H groups in total. The van der Waals surface area contributed by atoms with Crippen LogP contribution in [0.2, 0.25) is 0 Å². The molecule has 1 aromatic carbocycles. The number of carbonyl (C=O) groups is 3. The van der Waals surface area contributed by atoms with E-state index in [1.54, 1.807) is 6.92 Å². The predicted molar refractivity (Wildman–Crippen MR) is 108 cm³/mol. The van der Waals surface area contributed by atoms with Gasteiger partial charge < -0.3 is 25.2 Å². The van der Waals surface area contributed by atoms with Gasteiger partial charge in [0.25, 0.3) is 0 Å². The smallest absolute Gasteiger partial charge is 0.408 e. The number of carbonyl (C=O) groups excluding carboxylic acids is 3. The summed E-state index contributed by atoms with van der Waals surface area (Å²) in [6.45, 7) is 7.14. The number of aliphatic hydroxyl groups is 1. The topological polar surface area (TPSA) is 114 Å². The van der Waals surface area contributed by atoms with Gasteiger partial charge in [0, 0.05) is 0 Å². The lowest BCUT2D eigenvalue weighted by atomic mass is 9.98. The molecular formula is C21H32N2O6. The second-order valence-electron chi connectivity index (χ2n) is 6.99. The first-order valence-electron chi connectivity index (χ1n) is 9.90. The summed E-state index contributed by atoms with van der Waals surface area (Å²) in [7, 11) is 0. The molecule has 0 aliphatic carbocycles. The lowest BCUT2D eigenvalue weighted by molar-refractivity contribution is -0.150. The van der Waals surface area contributed by atoms with Crippen LogP contribution >= 0.6 is 0 Å². The Kier molecular flexibility index (Phi) is 10.8. The van der Waals surface area contributed by atoms with Crippen LogP contribution in [0.5, 0.6) is 0 Å². The number of hydrogen-bond acceptors (Lipinski definition) is 6. The first-order chi connectivity index (χ1) is 13.8. The van der Waals surface area contributed by atoms with Crippen molar-refractivity contribution >= 4 is 18.0 Å². The molecule has 1 unspecified atom stereocenters. The van der Waals surface area contributed by atoms with Crippen molar-refractivity contribution in [2.75, 3.05) is 6.61 Å². The van der Waals surface area contributed by atoms with Crippen molar-refractivity contribution in [3.63, 3.8) is 0 Å². The molecule has 0 aromatic heterocycles. The number of esters is 1. The summed E-state index contributed by atoms with van der Waals surface area (Å²) >= 11 is 0. The van der Waals surface area contributed by atoms with Crippen LogP contribution in [0, 0.1) is 5.92 Å². The molecule has 8 nitrogen and oxygen atoms in total. The molecular weight excluding hydrogens is 376 g/mol. The standard InChI is InChI=1S/C21H32N2O6/c1-5-14(3)12-17(19(25)23-18(15(4)24)20(26)28-6-2)22-21(27)29-13-16-10-8-7-9-11-16/h7-11,14-15,17-18,24H,5-6,12-13H2,1-4H3,(H,22,27)(H,23,25)/t14?,15-,17+,18+/m1/s1. The molecule has 4 atom stereocenters. The van der Waals surface area contributed by atoms with Gasteiger partial charge in [0.15, 0.2) is 6.04 Å². The fourth-order valence-electron chi connectivity index (χ4n) is 2.57. The Morgan fingerprint density at radius 2 is 1.69 bits per heavy atom. The van der Waals surface area contributed by atoms with Gasteiger partial charge in [-0.1, -0.05) is 50.6 Å². The number of ether oxygens (including phenoxy) is 2. The van der Waals surface area contributed by atoms with Crippen molar-refractivity contribution in [1.82, 2.24) is 10.6 Å². The number of hydrogen-bond donors (Lipinski definition) is 3. The summed E-state index contributed by atoms with van der Waals surface area (Å²) in [5, 5.41) is 14.9. The highest BCUT2D eigenvalue weighted by atomic mass is 16.5. The summed E-state index contributed by atoms with van der Waals surface area (Å²) in [4.78, 5) is 36.9. The summed E-state index contributed by atoms with van der Waals surface area (Å²) in [5.74, 6) is -1.17. The molecule has 0 aliphatic heterocycles. The monoisotopic (exact) mass is 408 g/mol. The number of nitrogens with one attached hydrogen (secondary N) is 2. The molecule has 0 fully saturated rings. The Balaban J connectivity index is 2.77. The van der Waals surface area contributed by atoms with E-state index in [4.69, 9.17) is 9.47 Å². The Morgan fingerprint density at radius 3 is 2.24 bits per heavy atom. The molecule has 0 saturated carbocycles. The fourth-order valence-corrected chi connectivity index (χ4v) is 2.57. The maximum Gasteiger partial charge on any atom is 0.408 e. The van der Waals surface area contributed by atoms with Crippen molar-refractivity contribution in [3.05, 3.63) is 35.9 Å². The van der Waals surface area contributed by atoms with E-state index in [0.717, 1.165) is 12.0 Å². The van der Waals surface area contributed by atoms with Crippen LogP contribution in [-0.4, -0.2) is 47.9 Å². The maximum atomic E-state index is 12.7. The Labute approximate surface area is 172 Å². The third-order valence-corrected chi connectivity index (χ3v) is 4.48. The molecule has 1 rings (SSSR count). The summed E-state index contributed by atoms with van der Waals surface area (Å²) < 4.78 is 10.1. The van der Waals surface area contributed by atoms with Crippen molar-refractivity contribution in [2.24, 2.45) is 5.92 Å². The highest BCUT2D eigenvalue weighted by Crippen LogP contribution is 2.11. The Hall–Kier alpha value is -2.61. The Bertz CT molecular complexity index is 650. The van der Waals surface area contributed by atoms with Crippen molar-refractivity contribution < 1.29 is 29.0 Å². The van der Waals surface area contributed by atoms with Gasteiger partial charge in [-0.05, 0) is 31.7 Å². The van der Waals surface area contributed by atoms with Gasteiger partial charge in [-0.15, -0.1) is 0 Å². The summed E-state index contributed by atoms with van der Waals surface area (Å²) in [6, 6.07) is 7.04. The van der Waals surface area contributed by atoms with Crippen LogP contribution in [0.1, 0.15) is 46.1 Å². The van der Waals surface area contributed by atoms with E-state index in [1.165, 1.54) is 6.92 Å². The van der Waals surface area contributed by atoms with Gasteiger partial charge in [-0.25, -0.2) is 9.59 Å². The molecule has 0 spiro atoms. The molecule has 0 aliphatic rings. The molecule has 0 bridgehead atoms. The number of amides is 2. The van der Waals surface area contributed by atoms with Gasteiger partial charge in [0.05, 0.1) is 12.7 Å². The number of aliphatic hydroxyl groups excluding tert-OH is 1. The summed E-state index contributed by atoms with van der Waals surface area (Å²) in [5.41, 5.74) is 0.821. The lowest BCUT2D eigenvalue weighted by Crippen LogP contribution is -2.55. The van der Waals surface area contributed by atoms with Crippen LogP contribution in [-0.2, 0) is 25.7 Å². The van der Waals surface area contributed by atoms with Crippen molar-refractivity contribution in [2.45, 2.75) is 65.3 Å². The first kappa shape index (κ1) is 24.4. The van der Waals surface area contributed by atoms with Gasteiger partial charge in [-0.3, -0.25) is 4.79 Å². The molecule has 0 saturated heterocycles. The first-order valence-corrected chi connectivity index (χ1v) is 9.90. The molecule has 0 radical (unpaired) electrons. The van der Waals surface area contributed by atoms with Crippen LogP contribution in [0.4, 0.5) is 4.79 Å². The average molecular weight is 408 g/mol. The van der Waals surface area contributed by atoms with E-state index in [9.17, 15) is 19.5 Å². The SMILES string of the molecule is CCOC(=O)[C@@H](NC(=O)[C@H](CC(C)CC)NC(=O)OCc1ccccc1)[C@@H](C)O. The zero-order valence-electron chi connectivity index (χ0n) is 17.5. The van der Waals surface area contributed by atoms with Crippen LogP contribution in [0.15, 0.2) is 30.3 Å². The van der Waals surface area contributed by atoms with E-state index < -0.39 is 36.2 Å². The number of rotatable bonds is 11. The van der Waals surface area contributed by atoms with Crippen LogP contribution < -0.4 is 10.6 Å². The van der Waals surface area contributed by atoms with Crippen molar-refractivity contribution in [1.29, 1.82) is 0 Å². The number of alkyl carbamates (subject to hydrolysis) is 1. The maximum absolute atomic E-state index is 12.7. The predicted octanol–water partition coefficient (Wildman–Crippen LogP) is 2.15. The molecule has 8 heteroatoms. The molecule has 1 aromatic rings. The van der Waals surface area contributed by atoms with Crippen LogP contribution in [0.3, 0.4) is 0 Å². The van der Waals surface area contributed by atoms with Gasteiger partial charge >= 0.3 is 12.1 Å². The average Bonchev–Trinajstić information content (AvgIpc) is 2.70. The van der Waals surface area contributed by atoms with E-state index in [0.29, 0.717) is 6.42 Å². The quantitative estimate of drug-likeness (QED) is 0.484. The normalized spacial score (nSPS) is 14.8. The number of benzene rings is 1. The second-order valence-corrected chi connectivity index (χ2v) is 6.99. The van der Waals surface area contributed by atoms with E-state index in [1.807, 2.05) is 44.2 Å². The van der Waals surface area contributed by atoms with E-state index >= 15 is 0 Å². The highest BCUT2D eigenvalue weighted by Gasteiger charge is 2.31. The molecule has 2 amide bonds.